The molecule has 0 spiro atoms. The highest BCUT2D eigenvalue weighted by atomic mass is 16.5. The molecule has 0 radical (unpaired) electrons. The van der Waals surface area contributed by atoms with Crippen molar-refractivity contribution in [2.75, 3.05) is 19.6 Å². The average molecular weight is 332 g/mol. The number of nitrogens with zero attached hydrogens (tertiary/aromatic N) is 4. The fraction of sp³-hybridized carbons (Fsp3) is 0.765. The van der Waals surface area contributed by atoms with Crippen molar-refractivity contribution >= 4 is 11.8 Å². The Morgan fingerprint density at radius 3 is 2.50 bits per heavy atom. The van der Waals surface area contributed by atoms with Gasteiger partial charge in [-0.2, -0.15) is 4.98 Å². The minimum absolute atomic E-state index is 0.0102. The van der Waals surface area contributed by atoms with Crippen molar-refractivity contribution < 1.29 is 14.1 Å². The summed E-state index contributed by atoms with van der Waals surface area (Å²) in [5.74, 6) is 2.14. The molecule has 2 saturated heterocycles. The van der Waals surface area contributed by atoms with E-state index in [0.29, 0.717) is 24.8 Å². The molecule has 2 aliphatic heterocycles. The molecular formula is C17H24N4O3. The lowest BCUT2D eigenvalue weighted by atomic mass is 9.95. The van der Waals surface area contributed by atoms with E-state index in [4.69, 9.17) is 4.52 Å². The lowest BCUT2D eigenvalue weighted by Crippen LogP contribution is -2.43. The van der Waals surface area contributed by atoms with Gasteiger partial charge in [0.1, 0.15) is 0 Å². The van der Waals surface area contributed by atoms with Crippen LogP contribution in [0.25, 0.3) is 0 Å². The average Bonchev–Trinajstić information content (AvgIpc) is 3.12. The zero-order valence-electron chi connectivity index (χ0n) is 14.1. The highest BCUT2D eigenvalue weighted by molar-refractivity contribution is 5.80. The number of likely N-dealkylation sites (tertiary alicyclic amines) is 2. The van der Waals surface area contributed by atoms with Crippen molar-refractivity contribution in [2.45, 2.75) is 57.4 Å². The highest BCUT2D eigenvalue weighted by Crippen LogP contribution is 2.40. The molecule has 130 valence electrons. The van der Waals surface area contributed by atoms with Crippen molar-refractivity contribution in [3.8, 4) is 0 Å². The van der Waals surface area contributed by atoms with Crippen LogP contribution in [0.1, 0.15) is 69.1 Å². The molecule has 0 bridgehead atoms. The van der Waals surface area contributed by atoms with Crippen molar-refractivity contribution in [1.29, 1.82) is 0 Å². The summed E-state index contributed by atoms with van der Waals surface area (Å²) in [4.78, 5) is 32.7. The van der Waals surface area contributed by atoms with Crippen molar-refractivity contribution in [1.82, 2.24) is 19.9 Å². The van der Waals surface area contributed by atoms with E-state index in [0.717, 1.165) is 51.0 Å². The number of carbonyl (C=O) groups is 2. The minimum Gasteiger partial charge on any atom is -0.343 e. The predicted molar refractivity (Wildman–Crippen MR) is 84.9 cm³/mol. The van der Waals surface area contributed by atoms with Crippen LogP contribution in [0, 0.1) is 5.92 Å². The van der Waals surface area contributed by atoms with Gasteiger partial charge in [-0.3, -0.25) is 9.59 Å². The van der Waals surface area contributed by atoms with E-state index in [-0.39, 0.29) is 23.8 Å². The fourth-order valence-electron chi connectivity index (χ4n) is 3.85. The topological polar surface area (TPSA) is 79.5 Å². The Hall–Kier alpha value is -1.92. The number of rotatable bonds is 3. The molecule has 3 fully saturated rings. The summed E-state index contributed by atoms with van der Waals surface area (Å²) in [5.41, 5.74) is 0. The number of hydrogen-bond donors (Lipinski definition) is 0. The van der Waals surface area contributed by atoms with Gasteiger partial charge in [0, 0.05) is 38.4 Å². The molecule has 0 aromatic carbocycles. The molecule has 1 saturated carbocycles. The third-order valence-corrected chi connectivity index (χ3v) is 5.51. The minimum atomic E-state index is -0.0420. The Morgan fingerprint density at radius 1 is 1.08 bits per heavy atom. The van der Waals surface area contributed by atoms with Crippen LogP contribution in [0.2, 0.25) is 0 Å². The van der Waals surface area contributed by atoms with Gasteiger partial charge in [0.15, 0.2) is 5.82 Å². The monoisotopic (exact) mass is 332 g/mol. The Bertz CT molecular complexity index is 632. The number of aromatic nitrogens is 2. The van der Waals surface area contributed by atoms with E-state index >= 15 is 0 Å². The third kappa shape index (κ3) is 2.91. The number of carbonyl (C=O) groups excluding carboxylic acids is 2. The first-order valence-corrected chi connectivity index (χ1v) is 9.03. The number of hydrogen-bond acceptors (Lipinski definition) is 5. The largest absolute Gasteiger partial charge is 0.343 e. The van der Waals surface area contributed by atoms with Crippen LogP contribution in [0.3, 0.4) is 0 Å². The van der Waals surface area contributed by atoms with E-state index in [1.54, 1.807) is 6.92 Å². The zero-order valence-corrected chi connectivity index (χ0v) is 14.1. The van der Waals surface area contributed by atoms with Gasteiger partial charge in [-0.25, -0.2) is 0 Å². The van der Waals surface area contributed by atoms with E-state index in [2.05, 4.69) is 10.1 Å². The lowest BCUT2D eigenvalue weighted by molar-refractivity contribution is -0.141. The maximum atomic E-state index is 12.9. The Morgan fingerprint density at radius 2 is 1.83 bits per heavy atom. The van der Waals surface area contributed by atoms with Crippen LogP contribution in [-0.4, -0.2) is 51.4 Å². The third-order valence-electron chi connectivity index (χ3n) is 5.51. The molecule has 3 heterocycles. The van der Waals surface area contributed by atoms with Crippen molar-refractivity contribution in [3.63, 3.8) is 0 Å². The van der Waals surface area contributed by atoms with Gasteiger partial charge in [-0.05, 0) is 38.5 Å². The molecule has 1 aromatic heterocycles. The molecule has 7 nitrogen and oxygen atoms in total. The molecule has 1 aromatic rings. The molecule has 4 rings (SSSR count). The first-order valence-electron chi connectivity index (χ1n) is 9.03. The highest BCUT2D eigenvalue weighted by Gasteiger charge is 2.39. The van der Waals surface area contributed by atoms with E-state index in [1.165, 1.54) is 0 Å². The summed E-state index contributed by atoms with van der Waals surface area (Å²) in [5, 5.41) is 4.14. The predicted octanol–water partition coefficient (Wildman–Crippen LogP) is 1.87. The summed E-state index contributed by atoms with van der Waals surface area (Å²) in [6.45, 7) is 3.71. The SMILES string of the molecule is CC(=O)N1CCC(C(=O)N2CCCC2c2noc(C3CC3)n2)CC1. The molecule has 0 N–H and O–H groups in total. The Labute approximate surface area is 141 Å². The van der Waals surface area contributed by atoms with Crippen LogP contribution in [-0.2, 0) is 9.59 Å². The summed E-state index contributed by atoms with van der Waals surface area (Å²) in [6.07, 6.45) is 5.65. The van der Waals surface area contributed by atoms with E-state index < -0.39 is 0 Å². The molecule has 3 aliphatic rings. The summed E-state index contributed by atoms with van der Waals surface area (Å²) in [6, 6.07) is -0.0420. The quantitative estimate of drug-likeness (QED) is 0.844. The second-order valence-electron chi connectivity index (χ2n) is 7.24. The van der Waals surface area contributed by atoms with Gasteiger partial charge in [-0.1, -0.05) is 5.16 Å². The standard InChI is InChI=1S/C17H24N4O3/c1-11(22)20-9-6-13(7-10-20)17(23)21-8-2-3-14(21)15-18-16(24-19-15)12-4-5-12/h12-14H,2-10H2,1H3. The first-order chi connectivity index (χ1) is 11.6. The summed E-state index contributed by atoms with van der Waals surface area (Å²) >= 11 is 0. The number of piperidine rings is 1. The Balaban J connectivity index is 1.42. The molecule has 24 heavy (non-hydrogen) atoms. The maximum absolute atomic E-state index is 12.9. The van der Waals surface area contributed by atoms with Gasteiger partial charge in [0.05, 0.1) is 6.04 Å². The van der Waals surface area contributed by atoms with Crippen LogP contribution >= 0.6 is 0 Å². The fourth-order valence-corrected chi connectivity index (χ4v) is 3.85. The molecule has 1 atom stereocenters. The van der Waals surface area contributed by atoms with Crippen LogP contribution in [0.4, 0.5) is 0 Å². The van der Waals surface area contributed by atoms with Gasteiger partial charge in [0.25, 0.3) is 0 Å². The normalized spacial score (nSPS) is 25.3. The molecular weight excluding hydrogens is 308 g/mol. The van der Waals surface area contributed by atoms with Crippen molar-refractivity contribution in [3.05, 3.63) is 11.7 Å². The molecule has 2 amide bonds. The van der Waals surface area contributed by atoms with Crippen LogP contribution in [0.15, 0.2) is 4.52 Å². The van der Waals surface area contributed by atoms with E-state index in [1.807, 2.05) is 9.80 Å². The van der Waals surface area contributed by atoms with Crippen molar-refractivity contribution in [2.24, 2.45) is 5.92 Å². The number of amides is 2. The second-order valence-corrected chi connectivity index (χ2v) is 7.24. The lowest BCUT2D eigenvalue weighted by Gasteiger charge is -2.33. The maximum Gasteiger partial charge on any atom is 0.229 e. The Kier molecular flexibility index (Phi) is 4.02. The summed E-state index contributed by atoms with van der Waals surface area (Å²) in [7, 11) is 0. The van der Waals surface area contributed by atoms with E-state index in [9.17, 15) is 9.59 Å². The van der Waals surface area contributed by atoms with Crippen LogP contribution < -0.4 is 0 Å². The van der Waals surface area contributed by atoms with Gasteiger partial charge in [-0.15, -0.1) is 0 Å². The molecule has 1 aliphatic carbocycles. The molecule has 7 heteroatoms. The molecule has 1 unspecified atom stereocenters. The second kappa shape index (κ2) is 6.18. The first kappa shape index (κ1) is 15.6. The smallest absolute Gasteiger partial charge is 0.229 e. The van der Waals surface area contributed by atoms with Gasteiger partial charge >= 0.3 is 0 Å². The summed E-state index contributed by atoms with van der Waals surface area (Å²) < 4.78 is 5.37. The van der Waals surface area contributed by atoms with Gasteiger partial charge in [0.2, 0.25) is 17.7 Å². The van der Waals surface area contributed by atoms with Gasteiger partial charge < -0.3 is 14.3 Å². The van der Waals surface area contributed by atoms with Crippen LogP contribution in [0.5, 0.6) is 0 Å². The zero-order chi connectivity index (χ0) is 16.7.